The van der Waals surface area contributed by atoms with E-state index < -0.39 is 6.16 Å². The summed E-state index contributed by atoms with van der Waals surface area (Å²) in [6.45, 7) is 0.168. The Morgan fingerprint density at radius 2 is 1.90 bits per heavy atom. The van der Waals surface area contributed by atoms with Crippen LogP contribution in [0.5, 0.6) is 5.75 Å². The monoisotopic (exact) mass is 278 g/mol. The molecule has 0 fully saturated rings. The summed E-state index contributed by atoms with van der Waals surface area (Å²) < 4.78 is 14.1. The van der Waals surface area contributed by atoms with Crippen LogP contribution in [0, 0.1) is 0 Å². The van der Waals surface area contributed by atoms with Gasteiger partial charge in [-0.05, 0) is 25.0 Å². The third-order valence-electron chi connectivity index (χ3n) is 2.36. The van der Waals surface area contributed by atoms with Crippen molar-refractivity contribution in [1.29, 1.82) is 0 Å². The SMILES string of the molecule is COC(=O)OC/C=C\CCCC(=O)Oc1ccccc1. The van der Waals surface area contributed by atoms with Gasteiger partial charge in [0.05, 0.1) is 7.11 Å². The van der Waals surface area contributed by atoms with Crippen LogP contribution in [0.3, 0.4) is 0 Å². The molecule has 0 saturated heterocycles. The van der Waals surface area contributed by atoms with Gasteiger partial charge in [0.1, 0.15) is 12.4 Å². The van der Waals surface area contributed by atoms with E-state index >= 15 is 0 Å². The highest BCUT2D eigenvalue weighted by Crippen LogP contribution is 2.10. The Morgan fingerprint density at radius 3 is 2.60 bits per heavy atom. The number of allylic oxidation sites excluding steroid dienone is 1. The number of unbranched alkanes of at least 4 members (excludes halogenated alkanes) is 1. The molecule has 0 amide bonds. The molecule has 0 spiro atoms. The molecule has 0 bridgehead atoms. The fourth-order valence-electron chi connectivity index (χ4n) is 1.40. The third-order valence-corrected chi connectivity index (χ3v) is 2.36. The van der Waals surface area contributed by atoms with Crippen molar-refractivity contribution in [2.75, 3.05) is 13.7 Å². The van der Waals surface area contributed by atoms with Crippen LogP contribution in [0.4, 0.5) is 4.79 Å². The summed E-state index contributed by atoms with van der Waals surface area (Å²) in [7, 11) is 1.25. The van der Waals surface area contributed by atoms with Gasteiger partial charge in [0.15, 0.2) is 0 Å². The summed E-state index contributed by atoms with van der Waals surface area (Å²) >= 11 is 0. The quantitative estimate of drug-likeness (QED) is 0.332. The molecule has 5 heteroatoms. The van der Waals surface area contributed by atoms with Gasteiger partial charge in [-0.2, -0.15) is 0 Å². The lowest BCUT2D eigenvalue weighted by molar-refractivity contribution is -0.134. The third kappa shape index (κ3) is 7.20. The van der Waals surface area contributed by atoms with Gasteiger partial charge in [0.2, 0.25) is 0 Å². The van der Waals surface area contributed by atoms with E-state index in [1.54, 1.807) is 18.2 Å². The molecule has 0 saturated carbocycles. The smallest absolute Gasteiger partial charge is 0.438 e. The van der Waals surface area contributed by atoms with Crippen LogP contribution < -0.4 is 4.74 Å². The Kier molecular flexibility index (Phi) is 7.57. The lowest BCUT2D eigenvalue weighted by Gasteiger charge is -2.02. The zero-order valence-corrected chi connectivity index (χ0v) is 11.4. The average molecular weight is 278 g/mol. The van der Waals surface area contributed by atoms with Crippen molar-refractivity contribution in [1.82, 2.24) is 0 Å². The first-order chi connectivity index (χ1) is 9.72. The first-order valence-corrected chi connectivity index (χ1v) is 6.34. The molecule has 0 aliphatic carbocycles. The fraction of sp³-hybridized carbons (Fsp3) is 0.333. The molecule has 0 unspecified atom stereocenters. The Hall–Kier alpha value is -2.30. The van der Waals surface area contributed by atoms with Crippen molar-refractivity contribution in [3.05, 3.63) is 42.5 Å². The minimum Gasteiger partial charge on any atom is -0.438 e. The molecule has 0 radical (unpaired) electrons. The molecule has 0 aliphatic heterocycles. The van der Waals surface area contributed by atoms with Crippen LogP contribution in [-0.4, -0.2) is 25.8 Å². The van der Waals surface area contributed by atoms with Crippen LogP contribution >= 0.6 is 0 Å². The predicted octanol–water partition coefficient (Wildman–Crippen LogP) is 3.10. The Labute approximate surface area is 118 Å². The lowest BCUT2D eigenvalue weighted by atomic mass is 10.2. The number of hydrogen-bond acceptors (Lipinski definition) is 5. The number of carbonyl (C=O) groups is 2. The largest absolute Gasteiger partial charge is 0.508 e. The molecular weight excluding hydrogens is 260 g/mol. The van der Waals surface area contributed by atoms with Crippen molar-refractivity contribution in [2.24, 2.45) is 0 Å². The van der Waals surface area contributed by atoms with Crippen molar-refractivity contribution in [2.45, 2.75) is 19.3 Å². The number of hydrogen-bond donors (Lipinski definition) is 0. The number of methoxy groups -OCH3 is 1. The number of rotatable bonds is 7. The normalized spacial score (nSPS) is 10.2. The number of carbonyl (C=O) groups excluding carboxylic acids is 2. The highest BCUT2D eigenvalue weighted by atomic mass is 16.7. The molecule has 0 heterocycles. The minimum atomic E-state index is -0.707. The van der Waals surface area contributed by atoms with Crippen molar-refractivity contribution < 1.29 is 23.8 Å². The fourth-order valence-corrected chi connectivity index (χ4v) is 1.40. The Morgan fingerprint density at radius 1 is 1.15 bits per heavy atom. The van der Waals surface area contributed by atoms with Gasteiger partial charge < -0.3 is 14.2 Å². The van der Waals surface area contributed by atoms with Crippen LogP contribution in [0.2, 0.25) is 0 Å². The predicted molar refractivity (Wildman–Crippen MR) is 73.4 cm³/mol. The average Bonchev–Trinajstić information content (AvgIpc) is 2.47. The van der Waals surface area contributed by atoms with Crippen molar-refractivity contribution in [3.63, 3.8) is 0 Å². The summed E-state index contributed by atoms with van der Waals surface area (Å²) in [5, 5.41) is 0. The molecule has 0 atom stereocenters. The molecule has 108 valence electrons. The number of esters is 1. The van der Waals surface area contributed by atoms with Crippen LogP contribution in [0.1, 0.15) is 19.3 Å². The summed E-state index contributed by atoms with van der Waals surface area (Å²) in [6.07, 6.45) is 4.59. The second kappa shape index (κ2) is 9.61. The zero-order chi connectivity index (χ0) is 14.6. The highest BCUT2D eigenvalue weighted by molar-refractivity contribution is 5.72. The zero-order valence-electron chi connectivity index (χ0n) is 11.4. The highest BCUT2D eigenvalue weighted by Gasteiger charge is 2.03. The number of benzene rings is 1. The van der Waals surface area contributed by atoms with Crippen LogP contribution in [0.15, 0.2) is 42.5 Å². The molecule has 0 N–H and O–H groups in total. The lowest BCUT2D eigenvalue weighted by Crippen LogP contribution is -2.07. The minimum absolute atomic E-state index is 0.168. The van der Waals surface area contributed by atoms with Gasteiger partial charge >= 0.3 is 12.1 Å². The Bertz CT molecular complexity index is 439. The summed E-state index contributed by atoms with van der Waals surface area (Å²) in [5.41, 5.74) is 0. The van der Waals surface area contributed by atoms with Crippen molar-refractivity contribution in [3.8, 4) is 5.75 Å². The van der Waals surface area contributed by atoms with E-state index in [0.29, 0.717) is 25.0 Å². The Balaban J connectivity index is 2.07. The molecular formula is C15H18O5. The van der Waals surface area contributed by atoms with E-state index in [1.165, 1.54) is 7.11 Å². The van der Waals surface area contributed by atoms with Gasteiger partial charge in [-0.15, -0.1) is 0 Å². The summed E-state index contributed by atoms with van der Waals surface area (Å²) in [5.74, 6) is 0.301. The molecule has 0 aromatic heterocycles. The van der Waals surface area contributed by atoms with E-state index in [4.69, 9.17) is 4.74 Å². The molecule has 1 aromatic carbocycles. The first kappa shape index (κ1) is 15.8. The van der Waals surface area contributed by atoms with Gasteiger partial charge in [-0.25, -0.2) is 4.79 Å². The summed E-state index contributed by atoms with van der Waals surface area (Å²) in [4.78, 5) is 22.1. The molecule has 1 rings (SSSR count). The molecule has 0 aliphatic rings. The maximum atomic E-state index is 11.5. The van der Waals surface area contributed by atoms with Gasteiger partial charge in [-0.1, -0.05) is 30.4 Å². The van der Waals surface area contributed by atoms with Gasteiger partial charge in [-0.3, -0.25) is 4.79 Å². The van der Waals surface area contributed by atoms with E-state index in [1.807, 2.05) is 24.3 Å². The number of para-hydroxylation sites is 1. The van der Waals surface area contributed by atoms with E-state index in [2.05, 4.69) is 9.47 Å². The topological polar surface area (TPSA) is 61.8 Å². The maximum Gasteiger partial charge on any atom is 0.508 e. The van der Waals surface area contributed by atoms with E-state index in [0.717, 1.165) is 0 Å². The standard InChI is InChI=1S/C15H18O5/c1-18-15(17)19-12-8-3-2-7-11-14(16)20-13-9-5-4-6-10-13/h3-6,8-10H,2,7,11-12H2,1H3/b8-3-. The van der Waals surface area contributed by atoms with E-state index in [-0.39, 0.29) is 12.6 Å². The van der Waals surface area contributed by atoms with Crippen LogP contribution in [-0.2, 0) is 14.3 Å². The van der Waals surface area contributed by atoms with Gasteiger partial charge in [0.25, 0.3) is 0 Å². The van der Waals surface area contributed by atoms with Gasteiger partial charge in [0, 0.05) is 6.42 Å². The second-order valence-electron chi connectivity index (χ2n) is 3.92. The first-order valence-electron chi connectivity index (χ1n) is 6.34. The maximum absolute atomic E-state index is 11.5. The van der Waals surface area contributed by atoms with Crippen LogP contribution in [0.25, 0.3) is 0 Å². The van der Waals surface area contributed by atoms with E-state index in [9.17, 15) is 9.59 Å². The second-order valence-corrected chi connectivity index (χ2v) is 3.92. The summed E-state index contributed by atoms with van der Waals surface area (Å²) in [6, 6.07) is 8.96. The molecule has 1 aromatic rings. The molecule has 5 nitrogen and oxygen atoms in total. The molecule has 20 heavy (non-hydrogen) atoms. The number of ether oxygens (including phenoxy) is 3. The van der Waals surface area contributed by atoms with Crippen molar-refractivity contribution >= 4 is 12.1 Å².